The lowest BCUT2D eigenvalue weighted by atomic mass is 9.91. The molecule has 0 aromatic rings. The van der Waals surface area contributed by atoms with Gasteiger partial charge in [0.1, 0.15) is 6.10 Å². The second-order valence-corrected chi connectivity index (χ2v) is 4.76. The quantitative estimate of drug-likeness (QED) is 0.474. The summed E-state index contributed by atoms with van der Waals surface area (Å²) in [6.45, 7) is 5.96. The first kappa shape index (κ1) is 13.3. The van der Waals surface area contributed by atoms with Crippen LogP contribution in [0.25, 0.3) is 0 Å². The highest BCUT2D eigenvalue weighted by molar-refractivity contribution is 6.21. The average molecular weight is 235 g/mol. The monoisotopic (exact) mass is 234 g/mol. The summed E-state index contributed by atoms with van der Waals surface area (Å²) in [5.41, 5.74) is 0. The third kappa shape index (κ3) is 4.29. The van der Waals surface area contributed by atoms with Crippen LogP contribution < -0.4 is 0 Å². The van der Waals surface area contributed by atoms with Crippen LogP contribution in [0, 0.1) is 0 Å². The van der Waals surface area contributed by atoms with E-state index in [1.54, 1.807) is 0 Å². The fourth-order valence-corrected chi connectivity index (χ4v) is 2.15. The van der Waals surface area contributed by atoms with Crippen LogP contribution >= 0.6 is 11.6 Å². The summed E-state index contributed by atoms with van der Waals surface area (Å²) >= 11 is 6.08. The molecule has 2 nitrogen and oxygen atoms in total. The van der Waals surface area contributed by atoms with Gasteiger partial charge in [-0.25, -0.2) is 0 Å². The molecule has 0 heterocycles. The Labute approximate surface area is 98.3 Å². The van der Waals surface area contributed by atoms with Gasteiger partial charge in [-0.05, 0) is 19.3 Å². The van der Waals surface area contributed by atoms with Gasteiger partial charge >= 0.3 is 0 Å². The Morgan fingerprint density at radius 1 is 1.07 bits per heavy atom. The molecular weight excluding hydrogens is 212 g/mol. The molecule has 90 valence electrons. The van der Waals surface area contributed by atoms with E-state index >= 15 is 0 Å². The Morgan fingerprint density at radius 2 is 1.87 bits per heavy atom. The maximum Gasteiger partial charge on any atom is 0.100 e. The Morgan fingerprint density at radius 3 is 2.47 bits per heavy atom. The largest absolute Gasteiger partial charge is 0.375 e. The van der Waals surface area contributed by atoms with Crippen molar-refractivity contribution in [1.82, 2.24) is 0 Å². The predicted octanol–water partition coefficient (Wildman–Crippen LogP) is 3.37. The average Bonchev–Trinajstić information content (AvgIpc) is 2.23. The van der Waals surface area contributed by atoms with Crippen molar-refractivity contribution >= 4 is 11.6 Å². The van der Waals surface area contributed by atoms with Gasteiger partial charge in [0, 0.05) is 13.2 Å². The van der Waals surface area contributed by atoms with E-state index in [4.69, 9.17) is 21.1 Å². The Balaban J connectivity index is 2.08. The minimum absolute atomic E-state index is 0.133. The normalized spacial score (nSPS) is 30.2. The number of ether oxygens (including phenoxy) is 2. The summed E-state index contributed by atoms with van der Waals surface area (Å²) in [4.78, 5) is 0. The van der Waals surface area contributed by atoms with Gasteiger partial charge in [-0.2, -0.15) is 0 Å². The van der Waals surface area contributed by atoms with E-state index in [2.05, 4.69) is 13.8 Å². The molecule has 0 aromatic carbocycles. The smallest absolute Gasteiger partial charge is 0.100 e. The highest BCUT2D eigenvalue weighted by Crippen LogP contribution is 2.32. The molecule has 1 aliphatic carbocycles. The molecule has 3 atom stereocenters. The Hall–Kier alpha value is 0.210. The lowest BCUT2D eigenvalue weighted by Gasteiger charge is -2.40. The molecule has 0 aromatic heterocycles. The molecule has 3 unspecified atom stereocenters. The molecule has 1 fully saturated rings. The molecule has 0 N–H and O–H groups in total. The maximum absolute atomic E-state index is 6.08. The van der Waals surface area contributed by atoms with Crippen LogP contribution in [0.3, 0.4) is 0 Å². The molecule has 15 heavy (non-hydrogen) atoms. The van der Waals surface area contributed by atoms with Crippen molar-refractivity contribution in [2.24, 2.45) is 0 Å². The minimum atomic E-state index is 0.133. The van der Waals surface area contributed by atoms with Crippen LogP contribution in [-0.4, -0.2) is 30.8 Å². The molecule has 0 radical (unpaired) electrons. The van der Waals surface area contributed by atoms with E-state index < -0.39 is 0 Å². The topological polar surface area (TPSA) is 18.5 Å². The van der Waals surface area contributed by atoms with Gasteiger partial charge in [0.25, 0.3) is 0 Å². The van der Waals surface area contributed by atoms with E-state index in [-0.39, 0.29) is 17.6 Å². The SMILES string of the molecule is CCCCCOC1CC(Cl)C1OCCC. The van der Waals surface area contributed by atoms with Crippen LogP contribution in [-0.2, 0) is 9.47 Å². The third-order valence-corrected chi connectivity index (χ3v) is 3.20. The number of unbranched alkanes of at least 4 members (excludes halogenated alkanes) is 2. The molecule has 0 bridgehead atoms. The highest BCUT2D eigenvalue weighted by atomic mass is 35.5. The van der Waals surface area contributed by atoms with Crippen molar-refractivity contribution in [1.29, 1.82) is 0 Å². The Kier molecular flexibility index (Phi) is 6.62. The standard InChI is InChI=1S/C12H23ClO2/c1-3-5-6-8-14-11-9-10(13)12(11)15-7-4-2/h10-12H,3-9H2,1-2H3. The van der Waals surface area contributed by atoms with Crippen molar-refractivity contribution in [3.8, 4) is 0 Å². The van der Waals surface area contributed by atoms with Crippen LogP contribution in [0.2, 0.25) is 0 Å². The number of hydrogen-bond acceptors (Lipinski definition) is 2. The molecule has 0 spiro atoms. The zero-order valence-corrected chi connectivity index (χ0v) is 10.6. The zero-order chi connectivity index (χ0) is 11.1. The molecule has 1 saturated carbocycles. The van der Waals surface area contributed by atoms with Gasteiger partial charge in [0.05, 0.1) is 11.5 Å². The molecular formula is C12H23ClO2. The van der Waals surface area contributed by atoms with Gasteiger partial charge in [-0.3, -0.25) is 0 Å². The molecule has 3 heteroatoms. The van der Waals surface area contributed by atoms with Gasteiger partial charge in [0.2, 0.25) is 0 Å². The van der Waals surface area contributed by atoms with E-state index in [1.165, 1.54) is 12.8 Å². The summed E-state index contributed by atoms with van der Waals surface area (Å²) < 4.78 is 11.4. The van der Waals surface area contributed by atoms with E-state index in [1.807, 2.05) is 0 Å². The number of hydrogen-bond donors (Lipinski definition) is 0. The molecule has 0 aliphatic heterocycles. The third-order valence-electron chi connectivity index (χ3n) is 2.77. The van der Waals surface area contributed by atoms with Crippen molar-refractivity contribution in [3.63, 3.8) is 0 Å². The first-order valence-electron chi connectivity index (χ1n) is 6.16. The van der Waals surface area contributed by atoms with Gasteiger partial charge < -0.3 is 9.47 Å². The summed E-state index contributed by atoms with van der Waals surface area (Å²) in [6, 6.07) is 0. The van der Waals surface area contributed by atoms with E-state index in [0.717, 1.165) is 32.5 Å². The van der Waals surface area contributed by atoms with Gasteiger partial charge in [-0.1, -0.05) is 26.7 Å². The molecule has 1 aliphatic rings. The lowest BCUT2D eigenvalue weighted by Crippen LogP contribution is -2.51. The van der Waals surface area contributed by atoms with Crippen molar-refractivity contribution in [3.05, 3.63) is 0 Å². The summed E-state index contributed by atoms with van der Waals surface area (Å²) in [5.74, 6) is 0. The van der Waals surface area contributed by atoms with Crippen molar-refractivity contribution < 1.29 is 9.47 Å². The summed E-state index contributed by atoms with van der Waals surface area (Å²) in [5, 5.41) is 0.160. The van der Waals surface area contributed by atoms with Crippen LogP contribution in [0.4, 0.5) is 0 Å². The maximum atomic E-state index is 6.08. The number of rotatable bonds is 8. The number of alkyl halides is 1. The summed E-state index contributed by atoms with van der Waals surface area (Å²) in [6.07, 6.45) is 6.01. The van der Waals surface area contributed by atoms with Gasteiger partial charge in [-0.15, -0.1) is 11.6 Å². The fraction of sp³-hybridized carbons (Fsp3) is 1.00. The van der Waals surface area contributed by atoms with E-state index in [0.29, 0.717) is 0 Å². The summed E-state index contributed by atoms with van der Waals surface area (Å²) in [7, 11) is 0. The van der Waals surface area contributed by atoms with Crippen LogP contribution in [0.1, 0.15) is 46.0 Å². The van der Waals surface area contributed by atoms with Crippen LogP contribution in [0.15, 0.2) is 0 Å². The molecule has 0 saturated heterocycles. The first-order valence-corrected chi connectivity index (χ1v) is 6.60. The minimum Gasteiger partial charge on any atom is -0.375 e. The first-order chi connectivity index (χ1) is 7.29. The Bertz CT molecular complexity index is 164. The molecule has 1 rings (SSSR count). The van der Waals surface area contributed by atoms with Crippen LogP contribution in [0.5, 0.6) is 0 Å². The molecule has 0 amide bonds. The van der Waals surface area contributed by atoms with Gasteiger partial charge in [0.15, 0.2) is 0 Å². The second-order valence-electron chi connectivity index (χ2n) is 4.20. The fourth-order valence-electron chi connectivity index (χ4n) is 1.74. The second kappa shape index (κ2) is 7.48. The zero-order valence-electron chi connectivity index (χ0n) is 9.88. The van der Waals surface area contributed by atoms with Crippen molar-refractivity contribution in [2.75, 3.05) is 13.2 Å². The predicted molar refractivity (Wildman–Crippen MR) is 63.6 cm³/mol. The lowest BCUT2D eigenvalue weighted by molar-refractivity contribution is -0.124. The van der Waals surface area contributed by atoms with E-state index in [9.17, 15) is 0 Å². The van der Waals surface area contributed by atoms with Crippen molar-refractivity contribution in [2.45, 2.75) is 63.5 Å². The number of halogens is 1. The highest BCUT2D eigenvalue weighted by Gasteiger charge is 2.41.